The number of nitrogens with zero attached hydrogens (tertiary/aromatic N) is 1. The second-order valence-electron chi connectivity index (χ2n) is 6.00. The first-order valence-corrected chi connectivity index (χ1v) is 6.49. The van der Waals surface area contributed by atoms with E-state index in [0.717, 1.165) is 37.7 Å². The van der Waals surface area contributed by atoms with Gasteiger partial charge in [-0.2, -0.15) is 0 Å². The molecule has 0 radical (unpaired) electrons. The first-order valence-electron chi connectivity index (χ1n) is 6.49. The summed E-state index contributed by atoms with van der Waals surface area (Å²) in [6.45, 7) is 13.2. The maximum atomic E-state index is 5.86. The van der Waals surface area contributed by atoms with Crippen LogP contribution >= 0.6 is 24.8 Å². The molecule has 1 atom stereocenters. The Kier molecular flexibility index (Phi) is 7.45. The van der Waals surface area contributed by atoms with Crippen LogP contribution in [0.4, 0.5) is 0 Å². The predicted octanol–water partition coefficient (Wildman–Crippen LogP) is 3.42. The van der Waals surface area contributed by atoms with Gasteiger partial charge in [0.1, 0.15) is 11.5 Å². The lowest BCUT2D eigenvalue weighted by Crippen LogP contribution is -2.48. The fraction of sp³-hybridized carbons (Fsp3) is 0.714. The van der Waals surface area contributed by atoms with E-state index >= 15 is 0 Å². The molecule has 1 aromatic heterocycles. The summed E-state index contributed by atoms with van der Waals surface area (Å²) in [5, 5.41) is 3.41. The van der Waals surface area contributed by atoms with Crippen LogP contribution in [0.15, 0.2) is 16.5 Å². The van der Waals surface area contributed by atoms with E-state index in [1.165, 1.54) is 0 Å². The van der Waals surface area contributed by atoms with Gasteiger partial charge in [-0.1, -0.05) is 20.8 Å². The average molecular weight is 309 g/mol. The topological polar surface area (TPSA) is 28.4 Å². The molecule has 0 amide bonds. The Morgan fingerprint density at radius 3 is 2.16 bits per heavy atom. The average Bonchev–Trinajstić information content (AvgIpc) is 2.64. The van der Waals surface area contributed by atoms with Gasteiger partial charge in [-0.15, -0.1) is 24.8 Å². The number of aryl methyl sites for hydroxylation is 1. The fourth-order valence-corrected chi connectivity index (χ4v) is 2.70. The Hall–Kier alpha value is -0.220. The molecule has 0 unspecified atom stereocenters. The molecule has 112 valence electrons. The van der Waals surface area contributed by atoms with E-state index in [-0.39, 0.29) is 30.2 Å². The van der Waals surface area contributed by atoms with Gasteiger partial charge in [0.15, 0.2) is 0 Å². The van der Waals surface area contributed by atoms with Gasteiger partial charge in [0.2, 0.25) is 0 Å². The summed E-state index contributed by atoms with van der Waals surface area (Å²) in [5.74, 6) is 2.11. The van der Waals surface area contributed by atoms with E-state index in [4.69, 9.17) is 4.42 Å². The second kappa shape index (κ2) is 7.53. The highest BCUT2D eigenvalue weighted by Crippen LogP contribution is 2.38. The van der Waals surface area contributed by atoms with Crippen molar-refractivity contribution < 1.29 is 4.42 Å². The van der Waals surface area contributed by atoms with E-state index in [0.29, 0.717) is 6.04 Å². The summed E-state index contributed by atoms with van der Waals surface area (Å²) < 4.78 is 5.86. The Morgan fingerprint density at radius 2 is 1.74 bits per heavy atom. The fourth-order valence-electron chi connectivity index (χ4n) is 2.70. The first-order chi connectivity index (χ1) is 7.98. The third-order valence-electron chi connectivity index (χ3n) is 3.37. The molecule has 1 aromatic rings. The first kappa shape index (κ1) is 18.8. The van der Waals surface area contributed by atoms with Gasteiger partial charge in [0.25, 0.3) is 0 Å². The van der Waals surface area contributed by atoms with E-state index < -0.39 is 0 Å². The van der Waals surface area contributed by atoms with Crippen molar-refractivity contribution >= 4 is 24.8 Å². The van der Waals surface area contributed by atoms with Crippen LogP contribution in [0.1, 0.15) is 38.3 Å². The van der Waals surface area contributed by atoms with Gasteiger partial charge < -0.3 is 9.73 Å². The van der Waals surface area contributed by atoms with Crippen molar-refractivity contribution in [1.82, 2.24) is 10.2 Å². The van der Waals surface area contributed by atoms with Crippen LogP contribution in [0.25, 0.3) is 0 Å². The Labute approximate surface area is 128 Å². The van der Waals surface area contributed by atoms with Gasteiger partial charge >= 0.3 is 0 Å². The summed E-state index contributed by atoms with van der Waals surface area (Å²) in [5.41, 5.74) is 0.196. The summed E-state index contributed by atoms with van der Waals surface area (Å²) in [7, 11) is 0. The summed E-state index contributed by atoms with van der Waals surface area (Å²) in [4.78, 5) is 2.54. The number of hydrogen-bond acceptors (Lipinski definition) is 3. The minimum atomic E-state index is 0. The third kappa shape index (κ3) is 4.67. The van der Waals surface area contributed by atoms with Crippen LogP contribution in [0.2, 0.25) is 0 Å². The maximum Gasteiger partial charge on any atom is 0.121 e. The van der Waals surface area contributed by atoms with Gasteiger partial charge in [-0.3, -0.25) is 4.90 Å². The highest BCUT2D eigenvalue weighted by Gasteiger charge is 2.34. The van der Waals surface area contributed by atoms with Crippen molar-refractivity contribution in [2.75, 3.05) is 26.2 Å². The summed E-state index contributed by atoms with van der Waals surface area (Å²) in [6, 6.07) is 4.57. The zero-order chi connectivity index (χ0) is 12.5. The van der Waals surface area contributed by atoms with Crippen LogP contribution in [-0.4, -0.2) is 31.1 Å². The normalized spacial score (nSPS) is 18.3. The van der Waals surface area contributed by atoms with Crippen LogP contribution in [0.3, 0.4) is 0 Å². The number of piperazine rings is 1. The molecular formula is C14H26Cl2N2O. The van der Waals surface area contributed by atoms with Gasteiger partial charge in [-0.25, -0.2) is 0 Å². The van der Waals surface area contributed by atoms with Gasteiger partial charge in [-0.05, 0) is 24.5 Å². The molecule has 1 N–H and O–H groups in total. The maximum absolute atomic E-state index is 5.86. The molecule has 0 bridgehead atoms. The lowest BCUT2D eigenvalue weighted by molar-refractivity contribution is 0.0690. The van der Waals surface area contributed by atoms with Crippen molar-refractivity contribution in [3.8, 4) is 0 Å². The number of nitrogens with one attached hydrogen (secondary N) is 1. The molecule has 0 spiro atoms. The lowest BCUT2D eigenvalue weighted by Gasteiger charge is -2.41. The SMILES string of the molecule is Cc1ccc([C@H](N2CCNCC2)C(C)(C)C)o1.Cl.Cl. The summed E-state index contributed by atoms with van der Waals surface area (Å²) >= 11 is 0. The predicted molar refractivity (Wildman–Crippen MR) is 84.6 cm³/mol. The molecule has 0 saturated carbocycles. The molecular weight excluding hydrogens is 283 g/mol. The van der Waals surface area contributed by atoms with Gasteiger partial charge in [0.05, 0.1) is 6.04 Å². The number of furan rings is 1. The molecule has 2 rings (SSSR count). The van der Waals surface area contributed by atoms with E-state index in [9.17, 15) is 0 Å². The second-order valence-corrected chi connectivity index (χ2v) is 6.00. The Bertz CT molecular complexity index is 368. The third-order valence-corrected chi connectivity index (χ3v) is 3.37. The molecule has 2 heterocycles. The quantitative estimate of drug-likeness (QED) is 0.907. The van der Waals surface area contributed by atoms with Crippen LogP contribution < -0.4 is 5.32 Å². The molecule has 3 nitrogen and oxygen atoms in total. The highest BCUT2D eigenvalue weighted by atomic mass is 35.5. The van der Waals surface area contributed by atoms with Crippen LogP contribution in [-0.2, 0) is 0 Å². The lowest BCUT2D eigenvalue weighted by atomic mass is 9.84. The standard InChI is InChI=1S/C14H24N2O.2ClH/c1-11-5-6-12(17-11)13(14(2,3)4)16-9-7-15-8-10-16;;/h5-6,13,15H,7-10H2,1-4H3;2*1H/t13-;;/m0../s1. The van der Waals surface area contributed by atoms with Crippen LogP contribution in [0.5, 0.6) is 0 Å². The zero-order valence-corrected chi connectivity index (χ0v) is 13.9. The van der Waals surface area contributed by atoms with Crippen molar-refractivity contribution in [2.24, 2.45) is 5.41 Å². The Balaban J connectivity index is 0.00000162. The molecule has 0 aliphatic carbocycles. The van der Waals surface area contributed by atoms with E-state index in [2.05, 4.69) is 43.1 Å². The van der Waals surface area contributed by atoms with E-state index in [1.807, 2.05) is 6.92 Å². The minimum Gasteiger partial charge on any atom is -0.465 e. The largest absolute Gasteiger partial charge is 0.465 e. The monoisotopic (exact) mass is 308 g/mol. The molecule has 0 aromatic carbocycles. The minimum absolute atomic E-state index is 0. The zero-order valence-electron chi connectivity index (χ0n) is 12.2. The van der Waals surface area contributed by atoms with Crippen molar-refractivity contribution in [2.45, 2.75) is 33.7 Å². The molecule has 1 aliphatic rings. The van der Waals surface area contributed by atoms with Crippen molar-refractivity contribution in [1.29, 1.82) is 0 Å². The van der Waals surface area contributed by atoms with Crippen molar-refractivity contribution in [3.63, 3.8) is 0 Å². The molecule has 19 heavy (non-hydrogen) atoms. The number of rotatable bonds is 2. The molecule has 1 aliphatic heterocycles. The number of halogens is 2. The van der Waals surface area contributed by atoms with E-state index in [1.54, 1.807) is 0 Å². The van der Waals surface area contributed by atoms with Crippen LogP contribution in [0, 0.1) is 12.3 Å². The summed E-state index contributed by atoms with van der Waals surface area (Å²) in [6.07, 6.45) is 0. The molecule has 5 heteroatoms. The highest BCUT2D eigenvalue weighted by molar-refractivity contribution is 5.85. The molecule has 1 saturated heterocycles. The number of hydrogen-bond donors (Lipinski definition) is 1. The molecule has 1 fully saturated rings. The van der Waals surface area contributed by atoms with Gasteiger partial charge in [0, 0.05) is 26.2 Å². The Morgan fingerprint density at radius 1 is 1.16 bits per heavy atom. The van der Waals surface area contributed by atoms with Crippen molar-refractivity contribution in [3.05, 3.63) is 23.7 Å². The smallest absolute Gasteiger partial charge is 0.121 e.